The number of nitrogens with one attached hydrogen (secondary N) is 2. The quantitative estimate of drug-likeness (QED) is 0.465. The van der Waals surface area contributed by atoms with Crippen molar-refractivity contribution in [1.29, 1.82) is 0 Å². The molecule has 2 aromatic rings. The van der Waals surface area contributed by atoms with Crippen molar-refractivity contribution in [1.82, 2.24) is 10.2 Å². The molecule has 4 nitrogen and oxygen atoms in total. The Labute approximate surface area is 143 Å². The normalized spacial score (nSPS) is 11.2. The van der Waals surface area contributed by atoms with Gasteiger partial charge in [0.05, 0.1) is 0 Å². The van der Waals surface area contributed by atoms with Crippen molar-refractivity contribution >= 4 is 11.6 Å². The van der Waals surface area contributed by atoms with E-state index in [9.17, 15) is 4.39 Å². The number of halogens is 1. The minimum Gasteiger partial charge on any atom is -0.385 e. The fraction of sp³-hybridized carbons (Fsp3) is 0.316. The van der Waals surface area contributed by atoms with Crippen molar-refractivity contribution < 1.29 is 4.39 Å². The molecule has 5 heteroatoms. The van der Waals surface area contributed by atoms with Gasteiger partial charge >= 0.3 is 0 Å². The van der Waals surface area contributed by atoms with Crippen LogP contribution in [-0.4, -0.2) is 38.0 Å². The van der Waals surface area contributed by atoms with E-state index in [1.165, 1.54) is 12.1 Å². The first-order valence-electron chi connectivity index (χ1n) is 8.14. The molecular formula is C19H25FN4. The average molecular weight is 328 g/mol. The molecule has 2 aromatic carbocycles. The van der Waals surface area contributed by atoms with Crippen LogP contribution >= 0.6 is 0 Å². The summed E-state index contributed by atoms with van der Waals surface area (Å²) in [7, 11) is 3.74. The summed E-state index contributed by atoms with van der Waals surface area (Å²) in [5.41, 5.74) is 2.18. The van der Waals surface area contributed by atoms with Crippen LogP contribution in [0, 0.1) is 5.82 Å². The Morgan fingerprint density at radius 1 is 1.04 bits per heavy atom. The lowest BCUT2D eigenvalue weighted by Crippen LogP contribution is -2.39. The SMILES string of the molecule is CN=C(NCCCNc1ccccc1)N(C)Cc1ccc(F)cc1. The lowest BCUT2D eigenvalue weighted by Gasteiger charge is -2.22. The lowest BCUT2D eigenvalue weighted by atomic mass is 10.2. The van der Waals surface area contributed by atoms with Gasteiger partial charge in [0.2, 0.25) is 0 Å². The minimum absolute atomic E-state index is 0.213. The van der Waals surface area contributed by atoms with E-state index in [0.29, 0.717) is 6.54 Å². The minimum atomic E-state index is -0.213. The van der Waals surface area contributed by atoms with E-state index in [2.05, 4.69) is 27.8 Å². The van der Waals surface area contributed by atoms with Gasteiger partial charge in [0.25, 0.3) is 0 Å². The van der Waals surface area contributed by atoms with E-state index in [-0.39, 0.29) is 5.82 Å². The first-order chi connectivity index (χ1) is 11.7. The molecular weight excluding hydrogens is 303 g/mol. The molecule has 2 rings (SSSR count). The lowest BCUT2D eigenvalue weighted by molar-refractivity contribution is 0.476. The van der Waals surface area contributed by atoms with E-state index in [1.54, 1.807) is 19.2 Å². The maximum absolute atomic E-state index is 13.0. The van der Waals surface area contributed by atoms with Crippen LogP contribution in [-0.2, 0) is 6.54 Å². The van der Waals surface area contributed by atoms with Gasteiger partial charge in [-0.25, -0.2) is 4.39 Å². The maximum atomic E-state index is 13.0. The number of aliphatic imine (C=N–C) groups is 1. The fourth-order valence-corrected chi connectivity index (χ4v) is 2.40. The maximum Gasteiger partial charge on any atom is 0.193 e. The molecule has 0 bridgehead atoms. The van der Waals surface area contributed by atoms with Crippen molar-refractivity contribution in [2.75, 3.05) is 32.5 Å². The second kappa shape index (κ2) is 9.55. The average Bonchev–Trinajstić information content (AvgIpc) is 2.61. The van der Waals surface area contributed by atoms with Gasteiger partial charge < -0.3 is 15.5 Å². The number of rotatable bonds is 7. The second-order valence-electron chi connectivity index (χ2n) is 5.60. The van der Waals surface area contributed by atoms with Crippen LogP contribution in [0.4, 0.5) is 10.1 Å². The van der Waals surface area contributed by atoms with Crippen LogP contribution in [0.2, 0.25) is 0 Å². The molecule has 24 heavy (non-hydrogen) atoms. The number of guanidine groups is 1. The molecule has 2 N–H and O–H groups in total. The molecule has 0 spiro atoms. The highest BCUT2D eigenvalue weighted by Gasteiger charge is 2.06. The third-order valence-electron chi connectivity index (χ3n) is 3.65. The molecule has 0 atom stereocenters. The Balaban J connectivity index is 1.70. The van der Waals surface area contributed by atoms with E-state index < -0.39 is 0 Å². The van der Waals surface area contributed by atoms with E-state index in [1.807, 2.05) is 30.1 Å². The molecule has 0 amide bonds. The van der Waals surface area contributed by atoms with Crippen molar-refractivity contribution in [2.45, 2.75) is 13.0 Å². The molecule has 0 saturated carbocycles. The second-order valence-corrected chi connectivity index (χ2v) is 5.60. The highest BCUT2D eigenvalue weighted by molar-refractivity contribution is 5.79. The van der Waals surface area contributed by atoms with Crippen LogP contribution < -0.4 is 10.6 Å². The van der Waals surface area contributed by atoms with Gasteiger partial charge in [-0.3, -0.25) is 4.99 Å². The third-order valence-corrected chi connectivity index (χ3v) is 3.65. The topological polar surface area (TPSA) is 39.7 Å². The third kappa shape index (κ3) is 5.91. The van der Waals surface area contributed by atoms with Crippen LogP contribution in [0.15, 0.2) is 59.6 Å². The molecule has 128 valence electrons. The molecule has 0 fully saturated rings. The summed E-state index contributed by atoms with van der Waals surface area (Å²) in [6.45, 7) is 2.41. The molecule has 0 aromatic heterocycles. The summed E-state index contributed by atoms with van der Waals surface area (Å²) in [5.74, 6) is 0.619. The monoisotopic (exact) mass is 328 g/mol. The van der Waals surface area contributed by atoms with Crippen LogP contribution in [0.1, 0.15) is 12.0 Å². The van der Waals surface area contributed by atoms with Gasteiger partial charge in [-0.2, -0.15) is 0 Å². The summed E-state index contributed by atoms with van der Waals surface area (Å²) >= 11 is 0. The summed E-state index contributed by atoms with van der Waals surface area (Å²) in [6, 6.07) is 16.7. The number of anilines is 1. The van der Waals surface area contributed by atoms with E-state index in [4.69, 9.17) is 0 Å². The highest BCUT2D eigenvalue weighted by Crippen LogP contribution is 2.06. The fourth-order valence-electron chi connectivity index (χ4n) is 2.40. The molecule has 0 aliphatic rings. The molecule has 0 saturated heterocycles. The van der Waals surface area contributed by atoms with Crippen molar-refractivity contribution in [3.05, 3.63) is 66.0 Å². The van der Waals surface area contributed by atoms with E-state index in [0.717, 1.165) is 36.7 Å². The zero-order chi connectivity index (χ0) is 17.2. The summed E-state index contributed by atoms with van der Waals surface area (Å²) < 4.78 is 13.0. The van der Waals surface area contributed by atoms with Gasteiger partial charge in [-0.05, 0) is 36.2 Å². The number of hydrogen-bond acceptors (Lipinski definition) is 2. The predicted octanol–water partition coefficient (Wildman–Crippen LogP) is 3.34. The molecule has 0 unspecified atom stereocenters. The van der Waals surface area contributed by atoms with Crippen molar-refractivity contribution in [3.63, 3.8) is 0 Å². The largest absolute Gasteiger partial charge is 0.385 e. The van der Waals surface area contributed by atoms with Crippen LogP contribution in [0.5, 0.6) is 0 Å². The molecule has 0 heterocycles. The zero-order valence-corrected chi connectivity index (χ0v) is 14.3. The van der Waals surface area contributed by atoms with Gasteiger partial charge in [0, 0.05) is 39.4 Å². The Hall–Kier alpha value is -2.56. The summed E-state index contributed by atoms with van der Waals surface area (Å²) in [5, 5.41) is 6.73. The Morgan fingerprint density at radius 3 is 2.42 bits per heavy atom. The van der Waals surface area contributed by atoms with Gasteiger partial charge in [0.1, 0.15) is 5.82 Å². The highest BCUT2D eigenvalue weighted by atomic mass is 19.1. The van der Waals surface area contributed by atoms with Crippen molar-refractivity contribution in [2.24, 2.45) is 4.99 Å². The smallest absolute Gasteiger partial charge is 0.193 e. The number of hydrogen-bond donors (Lipinski definition) is 2. The van der Waals surface area contributed by atoms with Gasteiger partial charge in [0.15, 0.2) is 5.96 Å². The first-order valence-corrected chi connectivity index (χ1v) is 8.14. The number of benzene rings is 2. The first kappa shape index (κ1) is 17.8. The zero-order valence-electron chi connectivity index (χ0n) is 14.3. The predicted molar refractivity (Wildman–Crippen MR) is 98.8 cm³/mol. The number of nitrogens with zero attached hydrogens (tertiary/aromatic N) is 2. The van der Waals surface area contributed by atoms with Crippen molar-refractivity contribution in [3.8, 4) is 0 Å². The summed E-state index contributed by atoms with van der Waals surface area (Å²) in [6.07, 6.45) is 0.984. The molecule has 0 aliphatic heterocycles. The van der Waals surface area contributed by atoms with E-state index >= 15 is 0 Å². The Kier molecular flexibility index (Phi) is 7.08. The van der Waals surface area contributed by atoms with Gasteiger partial charge in [-0.15, -0.1) is 0 Å². The Bertz CT molecular complexity index is 626. The Morgan fingerprint density at radius 2 is 1.75 bits per heavy atom. The van der Waals surface area contributed by atoms with Crippen LogP contribution in [0.3, 0.4) is 0 Å². The summed E-state index contributed by atoms with van der Waals surface area (Å²) in [4.78, 5) is 6.32. The van der Waals surface area contributed by atoms with Crippen LogP contribution in [0.25, 0.3) is 0 Å². The standard InChI is InChI=1S/C19H25FN4/c1-21-19(24(2)15-16-9-11-17(20)12-10-16)23-14-6-13-22-18-7-4-3-5-8-18/h3-5,7-12,22H,6,13-15H2,1-2H3,(H,21,23). The molecule has 0 aliphatic carbocycles. The van der Waals surface area contributed by atoms with Gasteiger partial charge in [-0.1, -0.05) is 30.3 Å². The molecule has 0 radical (unpaired) electrons. The number of para-hydroxylation sites is 1.